The molecule has 0 aromatic carbocycles. The van der Waals surface area contributed by atoms with Gasteiger partial charge in [0, 0.05) is 17.0 Å². The van der Waals surface area contributed by atoms with Gasteiger partial charge >= 0.3 is 5.97 Å². The third-order valence-electron chi connectivity index (χ3n) is 1.60. The molecule has 0 aliphatic carbocycles. The molecule has 0 radical (unpaired) electrons. The highest BCUT2D eigenvalue weighted by Crippen LogP contribution is 2.07. The van der Waals surface area contributed by atoms with Crippen molar-refractivity contribution in [2.75, 3.05) is 7.11 Å². The molecular formula is C11H10O3S. The van der Waals surface area contributed by atoms with Gasteiger partial charge in [-0.2, -0.15) is 11.3 Å². The van der Waals surface area contributed by atoms with Gasteiger partial charge < -0.3 is 4.74 Å². The summed E-state index contributed by atoms with van der Waals surface area (Å²) in [4.78, 5) is 22.0. The fourth-order valence-corrected chi connectivity index (χ4v) is 1.49. The standard InChI is InChI=1S/C11H10O3S/c1-14-11(13)5-3-2-4-10(12)9-6-7-15-8-9/h2-8H,1H3. The van der Waals surface area contributed by atoms with Crippen molar-refractivity contribution in [2.45, 2.75) is 0 Å². The van der Waals surface area contributed by atoms with E-state index in [1.165, 1.54) is 42.8 Å². The van der Waals surface area contributed by atoms with Crippen LogP contribution in [0.3, 0.4) is 0 Å². The Balaban J connectivity index is 2.49. The van der Waals surface area contributed by atoms with E-state index in [1.807, 2.05) is 5.38 Å². The Morgan fingerprint density at radius 2 is 2.07 bits per heavy atom. The Bertz CT molecular complexity index is 388. The summed E-state index contributed by atoms with van der Waals surface area (Å²) in [5.74, 6) is -0.520. The van der Waals surface area contributed by atoms with Crippen LogP contribution in [0.4, 0.5) is 0 Å². The summed E-state index contributed by atoms with van der Waals surface area (Å²) in [6.45, 7) is 0. The number of carbonyl (C=O) groups excluding carboxylic acids is 2. The monoisotopic (exact) mass is 222 g/mol. The van der Waals surface area contributed by atoms with Gasteiger partial charge in [0.25, 0.3) is 0 Å². The van der Waals surface area contributed by atoms with E-state index in [-0.39, 0.29) is 5.78 Å². The van der Waals surface area contributed by atoms with Crippen molar-refractivity contribution >= 4 is 23.1 Å². The number of ether oxygens (including phenoxy) is 1. The SMILES string of the molecule is COC(=O)C=CC=CC(=O)c1ccsc1. The molecule has 4 heteroatoms. The Morgan fingerprint density at radius 1 is 1.33 bits per heavy atom. The summed E-state index contributed by atoms with van der Waals surface area (Å²) in [6, 6.07) is 1.75. The van der Waals surface area contributed by atoms with Crippen molar-refractivity contribution in [1.82, 2.24) is 0 Å². The molecule has 0 amide bonds. The highest BCUT2D eigenvalue weighted by molar-refractivity contribution is 7.08. The van der Waals surface area contributed by atoms with Gasteiger partial charge in [-0.25, -0.2) is 4.79 Å². The Kier molecular flexibility index (Phi) is 4.50. The average Bonchev–Trinajstić information content (AvgIpc) is 2.77. The number of allylic oxidation sites excluding steroid dienone is 3. The molecule has 0 atom stereocenters. The Hall–Kier alpha value is -1.68. The largest absolute Gasteiger partial charge is 0.466 e. The molecule has 0 saturated heterocycles. The first kappa shape index (κ1) is 11.4. The van der Waals surface area contributed by atoms with E-state index in [9.17, 15) is 9.59 Å². The van der Waals surface area contributed by atoms with Crippen LogP contribution in [0.2, 0.25) is 0 Å². The van der Waals surface area contributed by atoms with Crippen LogP contribution in [-0.4, -0.2) is 18.9 Å². The maximum atomic E-state index is 11.4. The van der Waals surface area contributed by atoms with E-state index in [2.05, 4.69) is 4.74 Å². The number of ketones is 1. The van der Waals surface area contributed by atoms with Gasteiger partial charge in [-0.3, -0.25) is 4.79 Å². The maximum Gasteiger partial charge on any atom is 0.330 e. The number of methoxy groups -OCH3 is 1. The van der Waals surface area contributed by atoms with Crippen LogP contribution in [0, 0.1) is 0 Å². The minimum atomic E-state index is -0.442. The number of hydrogen-bond donors (Lipinski definition) is 0. The molecule has 0 bridgehead atoms. The molecule has 0 fully saturated rings. The summed E-state index contributed by atoms with van der Waals surface area (Å²) < 4.78 is 4.39. The van der Waals surface area contributed by atoms with Gasteiger partial charge in [0.15, 0.2) is 5.78 Å². The smallest absolute Gasteiger partial charge is 0.330 e. The second-order valence-corrected chi connectivity index (χ2v) is 3.40. The zero-order valence-electron chi connectivity index (χ0n) is 8.17. The number of carbonyl (C=O) groups is 2. The lowest BCUT2D eigenvalue weighted by Crippen LogP contribution is -1.93. The molecule has 0 unspecified atom stereocenters. The summed E-state index contributed by atoms with van der Waals surface area (Å²) in [5, 5.41) is 3.61. The second-order valence-electron chi connectivity index (χ2n) is 2.62. The highest BCUT2D eigenvalue weighted by atomic mass is 32.1. The predicted octanol–water partition coefficient (Wildman–Crippen LogP) is 2.22. The van der Waals surface area contributed by atoms with Crippen molar-refractivity contribution in [3.63, 3.8) is 0 Å². The van der Waals surface area contributed by atoms with Crippen molar-refractivity contribution in [3.8, 4) is 0 Å². The first-order valence-corrected chi connectivity index (χ1v) is 5.17. The van der Waals surface area contributed by atoms with E-state index in [4.69, 9.17) is 0 Å². The minimum absolute atomic E-state index is 0.0780. The summed E-state index contributed by atoms with van der Waals surface area (Å²) in [7, 11) is 1.30. The van der Waals surface area contributed by atoms with Crippen LogP contribution in [0.5, 0.6) is 0 Å². The molecule has 0 N–H and O–H groups in total. The molecule has 15 heavy (non-hydrogen) atoms. The van der Waals surface area contributed by atoms with Crippen LogP contribution < -0.4 is 0 Å². The maximum absolute atomic E-state index is 11.4. The number of thiophene rings is 1. The summed E-state index contributed by atoms with van der Waals surface area (Å²) >= 11 is 1.47. The van der Waals surface area contributed by atoms with E-state index < -0.39 is 5.97 Å². The van der Waals surface area contributed by atoms with Crippen LogP contribution in [0.15, 0.2) is 41.1 Å². The molecule has 0 saturated carbocycles. The van der Waals surface area contributed by atoms with E-state index in [0.29, 0.717) is 5.56 Å². The molecule has 3 nitrogen and oxygen atoms in total. The number of esters is 1. The van der Waals surface area contributed by atoms with E-state index in [1.54, 1.807) is 11.4 Å². The van der Waals surface area contributed by atoms with Crippen molar-refractivity contribution in [1.29, 1.82) is 0 Å². The molecule has 0 aliphatic rings. The molecule has 1 rings (SSSR count). The van der Waals surface area contributed by atoms with Crippen LogP contribution in [0.25, 0.3) is 0 Å². The topological polar surface area (TPSA) is 43.4 Å². The van der Waals surface area contributed by atoms with Crippen molar-refractivity contribution in [3.05, 3.63) is 46.7 Å². The normalized spacial score (nSPS) is 11.0. The quantitative estimate of drug-likeness (QED) is 0.339. The Labute approximate surface area is 91.7 Å². The fourth-order valence-electron chi connectivity index (χ4n) is 0.846. The lowest BCUT2D eigenvalue weighted by atomic mass is 10.2. The fraction of sp³-hybridized carbons (Fsp3) is 0.0909. The van der Waals surface area contributed by atoms with Gasteiger partial charge in [0.2, 0.25) is 0 Å². The van der Waals surface area contributed by atoms with Crippen LogP contribution >= 0.6 is 11.3 Å². The van der Waals surface area contributed by atoms with E-state index >= 15 is 0 Å². The highest BCUT2D eigenvalue weighted by Gasteiger charge is 1.99. The van der Waals surface area contributed by atoms with Gasteiger partial charge in [-0.15, -0.1) is 0 Å². The second kappa shape index (κ2) is 5.93. The van der Waals surface area contributed by atoms with Crippen molar-refractivity contribution in [2.24, 2.45) is 0 Å². The molecule has 78 valence electrons. The Morgan fingerprint density at radius 3 is 2.67 bits per heavy atom. The molecule has 0 spiro atoms. The first-order valence-electron chi connectivity index (χ1n) is 4.23. The van der Waals surface area contributed by atoms with Crippen molar-refractivity contribution < 1.29 is 14.3 Å². The van der Waals surface area contributed by atoms with Gasteiger partial charge in [-0.1, -0.05) is 12.2 Å². The third-order valence-corrected chi connectivity index (χ3v) is 2.28. The predicted molar refractivity (Wildman–Crippen MR) is 58.9 cm³/mol. The molecule has 0 aliphatic heterocycles. The summed E-state index contributed by atoms with van der Waals surface area (Å²) in [6.07, 6.45) is 5.63. The first-order chi connectivity index (χ1) is 7.24. The summed E-state index contributed by atoms with van der Waals surface area (Å²) in [5.41, 5.74) is 0.655. The van der Waals surface area contributed by atoms with Gasteiger partial charge in [-0.05, 0) is 17.5 Å². The van der Waals surface area contributed by atoms with Gasteiger partial charge in [0.05, 0.1) is 7.11 Å². The number of rotatable bonds is 4. The lowest BCUT2D eigenvalue weighted by Gasteiger charge is -1.87. The van der Waals surface area contributed by atoms with E-state index in [0.717, 1.165) is 0 Å². The molecule has 1 aromatic rings. The van der Waals surface area contributed by atoms with Crippen LogP contribution in [-0.2, 0) is 9.53 Å². The zero-order valence-corrected chi connectivity index (χ0v) is 8.99. The lowest BCUT2D eigenvalue weighted by molar-refractivity contribution is -0.134. The minimum Gasteiger partial charge on any atom is -0.466 e. The molecular weight excluding hydrogens is 212 g/mol. The van der Waals surface area contributed by atoms with Gasteiger partial charge in [0.1, 0.15) is 0 Å². The van der Waals surface area contributed by atoms with Crippen LogP contribution in [0.1, 0.15) is 10.4 Å². The molecule has 1 aromatic heterocycles. The zero-order chi connectivity index (χ0) is 11.1. The average molecular weight is 222 g/mol. The third kappa shape index (κ3) is 3.91. The number of hydrogen-bond acceptors (Lipinski definition) is 4. The molecule has 1 heterocycles.